The van der Waals surface area contributed by atoms with Gasteiger partial charge in [-0.15, -0.1) is 10.2 Å². The lowest BCUT2D eigenvalue weighted by molar-refractivity contribution is -0.142. The van der Waals surface area contributed by atoms with Crippen molar-refractivity contribution in [3.05, 3.63) is 65.5 Å². The van der Waals surface area contributed by atoms with Crippen LogP contribution in [0, 0.1) is 6.92 Å². The molecule has 3 aromatic rings. The van der Waals surface area contributed by atoms with E-state index in [9.17, 15) is 9.59 Å². The second-order valence-electron chi connectivity index (χ2n) is 7.00. The first kappa shape index (κ1) is 23.3. The van der Waals surface area contributed by atoms with Crippen molar-refractivity contribution in [1.82, 2.24) is 20.1 Å². The van der Waals surface area contributed by atoms with Gasteiger partial charge in [-0.2, -0.15) is 0 Å². The summed E-state index contributed by atoms with van der Waals surface area (Å²) in [5.41, 5.74) is 2.43. The van der Waals surface area contributed by atoms with Crippen LogP contribution in [0.5, 0.6) is 5.75 Å². The Balaban J connectivity index is 1.84. The molecular weight excluding hydrogens is 428 g/mol. The van der Waals surface area contributed by atoms with Crippen molar-refractivity contribution in [2.24, 2.45) is 0 Å². The summed E-state index contributed by atoms with van der Waals surface area (Å²) in [7, 11) is 1.57. The minimum absolute atomic E-state index is 0.167. The van der Waals surface area contributed by atoms with Crippen LogP contribution >= 0.6 is 11.8 Å². The van der Waals surface area contributed by atoms with Crippen LogP contribution in [0.25, 0.3) is 5.69 Å². The van der Waals surface area contributed by atoms with E-state index in [1.807, 2.05) is 35.8 Å². The number of nitrogens with one attached hydrogen (secondary N) is 1. The minimum Gasteiger partial charge on any atom is -0.497 e. The molecule has 0 bridgehead atoms. The van der Waals surface area contributed by atoms with Crippen LogP contribution in [0.1, 0.15) is 35.6 Å². The van der Waals surface area contributed by atoms with E-state index in [2.05, 4.69) is 15.5 Å². The molecule has 0 aliphatic rings. The molecule has 0 saturated carbocycles. The van der Waals surface area contributed by atoms with Crippen LogP contribution in [0.3, 0.4) is 0 Å². The molecule has 1 atom stereocenters. The fourth-order valence-corrected chi connectivity index (χ4v) is 3.87. The number of hydrogen-bond donors (Lipinski definition) is 1. The highest BCUT2D eigenvalue weighted by atomic mass is 32.2. The number of esters is 1. The van der Waals surface area contributed by atoms with E-state index in [0.29, 0.717) is 28.9 Å². The monoisotopic (exact) mass is 454 g/mol. The molecule has 2 aromatic carbocycles. The molecule has 3 rings (SSSR count). The van der Waals surface area contributed by atoms with Crippen LogP contribution in [-0.2, 0) is 16.1 Å². The first-order valence-electron chi connectivity index (χ1n) is 10.2. The number of carbonyl (C=O) groups is 2. The largest absolute Gasteiger partial charge is 0.497 e. The van der Waals surface area contributed by atoms with Gasteiger partial charge in [0.25, 0.3) is 5.91 Å². The van der Waals surface area contributed by atoms with Gasteiger partial charge in [-0.25, -0.2) is 0 Å². The average Bonchev–Trinajstić information content (AvgIpc) is 3.19. The van der Waals surface area contributed by atoms with Gasteiger partial charge in [0.1, 0.15) is 11.0 Å². The maximum atomic E-state index is 12.6. The molecule has 0 aliphatic carbocycles. The van der Waals surface area contributed by atoms with Crippen LogP contribution in [0.2, 0.25) is 0 Å². The zero-order valence-corrected chi connectivity index (χ0v) is 19.3. The Bertz CT molecular complexity index is 1080. The lowest BCUT2D eigenvalue weighted by Gasteiger charge is -2.14. The lowest BCUT2D eigenvalue weighted by atomic mass is 10.2. The highest BCUT2D eigenvalue weighted by Gasteiger charge is 2.22. The van der Waals surface area contributed by atoms with Crippen molar-refractivity contribution in [2.75, 3.05) is 13.7 Å². The van der Waals surface area contributed by atoms with Crippen molar-refractivity contribution < 1.29 is 19.1 Å². The molecule has 1 N–H and O–H groups in total. The summed E-state index contributed by atoms with van der Waals surface area (Å²) in [5, 5.41) is 11.5. The first-order valence-corrected chi connectivity index (χ1v) is 11.1. The molecule has 8 nitrogen and oxygen atoms in total. The Morgan fingerprint density at radius 1 is 1.16 bits per heavy atom. The van der Waals surface area contributed by atoms with Crippen molar-refractivity contribution >= 4 is 23.6 Å². The molecule has 1 amide bonds. The van der Waals surface area contributed by atoms with Gasteiger partial charge < -0.3 is 14.8 Å². The predicted octanol–water partition coefficient (Wildman–Crippen LogP) is 3.56. The van der Waals surface area contributed by atoms with Crippen molar-refractivity contribution in [3.8, 4) is 11.4 Å². The van der Waals surface area contributed by atoms with E-state index in [4.69, 9.17) is 9.47 Å². The molecule has 1 aromatic heterocycles. The number of carbonyl (C=O) groups excluding carboxylic acids is 2. The van der Waals surface area contributed by atoms with Gasteiger partial charge in [-0.05, 0) is 62.7 Å². The minimum atomic E-state index is -0.454. The second-order valence-corrected chi connectivity index (χ2v) is 8.30. The highest BCUT2D eigenvalue weighted by molar-refractivity contribution is 8.00. The molecular formula is C23H26N4O4S. The zero-order valence-electron chi connectivity index (χ0n) is 18.5. The quantitative estimate of drug-likeness (QED) is 0.390. The van der Waals surface area contributed by atoms with Gasteiger partial charge in [0.2, 0.25) is 0 Å². The summed E-state index contributed by atoms with van der Waals surface area (Å²) >= 11 is 1.26. The van der Waals surface area contributed by atoms with E-state index in [0.717, 1.165) is 11.3 Å². The van der Waals surface area contributed by atoms with Crippen molar-refractivity contribution in [3.63, 3.8) is 0 Å². The van der Waals surface area contributed by atoms with E-state index in [-0.39, 0.29) is 18.4 Å². The molecule has 0 aliphatic heterocycles. The van der Waals surface area contributed by atoms with Crippen molar-refractivity contribution in [2.45, 2.75) is 37.7 Å². The molecule has 32 heavy (non-hydrogen) atoms. The zero-order chi connectivity index (χ0) is 23.1. The Hall–Kier alpha value is -3.33. The molecule has 0 radical (unpaired) electrons. The molecule has 168 valence electrons. The van der Waals surface area contributed by atoms with Crippen LogP contribution in [-0.4, -0.2) is 45.6 Å². The van der Waals surface area contributed by atoms with Gasteiger partial charge in [-0.3, -0.25) is 14.2 Å². The Labute approximate surface area is 191 Å². The van der Waals surface area contributed by atoms with E-state index >= 15 is 0 Å². The van der Waals surface area contributed by atoms with Crippen LogP contribution in [0.15, 0.2) is 53.7 Å². The summed E-state index contributed by atoms with van der Waals surface area (Å²) in [5.74, 6) is 0.681. The number of benzene rings is 2. The number of aryl methyl sites for hydroxylation is 1. The smallest absolute Gasteiger partial charge is 0.319 e. The van der Waals surface area contributed by atoms with Crippen LogP contribution < -0.4 is 10.1 Å². The standard InChI is InChI=1S/C23H26N4O4S/c1-5-31-22(29)16(3)32-23-26-25-20(27(23)18-8-6-7-15(2)13-18)14-24-21(28)17-9-11-19(30-4)12-10-17/h6-13,16H,5,14H2,1-4H3,(H,24,28). The van der Waals surface area contributed by atoms with Crippen molar-refractivity contribution in [1.29, 1.82) is 0 Å². The van der Waals surface area contributed by atoms with Gasteiger partial charge in [0.05, 0.1) is 20.3 Å². The SMILES string of the molecule is CCOC(=O)C(C)Sc1nnc(CNC(=O)c2ccc(OC)cc2)n1-c1cccc(C)c1. The summed E-state index contributed by atoms with van der Waals surface area (Å²) in [4.78, 5) is 24.7. The third kappa shape index (κ3) is 5.67. The topological polar surface area (TPSA) is 95.3 Å². The summed E-state index contributed by atoms with van der Waals surface area (Å²) in [6, 6.07) is 14.7. The first-order chi connectivity index (χ1) is 15.4. The average molecular weight is 455 g/mol. The number of amides is 1. The highest BCUT2D eigenvalue weighted by Crippen LogP contribution is 2.27. The Morgan fingerprint density at radius 2 is 1.91 bits per heavy atom. The fraction of sp³-hybridized carbons (Fsp3) is 0.304. The molecule has 1 unspecified atom stereocenters. The van der Waals surface area contributed by atoms with E-state index in [1.165, 1.54) is 11.8 Å². The normalized spacial score (nSPS) is 11.6. The Kier molecular flexibility index (Phi) is 7.88. The fourth-order valence-electron chi connectivity index (χ4n) is 2.99. The number of rotatable bonds is 9. The third-order valence-electron chi connectivity index (χ3n) is 4.62. The Morgan fingerprint density at radius 3 is 2.56 bits per heavy atom. The number of methoxy groups -OCH3 is 1. The van der Waals surface area contributed by atoms with Gasteiger partial charge in [0.15, 0.2) is 11.0 Å². The van der Waals surface area contributed by atoms with Crippen LogP contribution in [0.4, 0.5) is 0 Å². The summed E-state index contributed by atoms with van der Waals surface area (Å²) in [6.45, 7) is 6.02. The summed E-state index contributed by atoms with van der Waals surface area (Å²) in [6.07, 6.45) is 0. The number of nitrogens with zero attached hydrogens (tertiary/aromatic N) is 3. The number of aromatic nitrogens is 3. The van der Waals surface area contributed by atoms with E-state index < -0.39 is 5.25 Å². The predicted molar refractivity (Wildman–Crippen MR) is 122 cm³/mol. The summed E-state index contributed by atoms with van der Waals surface area (Å²) < 4.78 is 12.1. The van der Waals surface area contributed by atoms with E-state index in [1.54, 1.807) is 45.2 Å². The molecule has 0 fully saturated rings. The third-order valence-corrected chi connectivity index (χ3v) is 5.64. The molecule has 0 spiro atoms. The van der Waals surface area contributed by atoms with Gasteiger partial charge >= 0.3 is 5.97 Å². The number of ether oxygens (including phenoxy) is 2. The van der Waals surface area contributed by atoms with Gasteiger partial charge in [-0.1, -0.05) is 23.9 Å². The lowest BCUT2D eigenvalue weighted by Crippen LogP contribution is -2.24. The molecule has 9 heteroatoms. The molecule has 0 saturated heterocycles. The second kappa shape index (κ2) is 10.8. The molecule has 1 heterocycles. The maximum Gasteiger partial charge on any atom is 0.319 e. The number of thioether (sulfide) groups is 1. The van der Waals surface area contributed by atoms with Gasteiger partial charge in [0, 0.05) is 11.3 Å². The number of hydrogen-bond acceptors (Lipinski definition) is 7. The maximum absolute atomic E-state index is 12.6.